The van der Waals surface area contributed by atoms with Gasteiger partial charge in [0.1, 0.15) is 5.75 Å². The van der Waals surface area contributed by atoms with E-state index in [1.807, 2.05) is 72.1 Å². The van der Waals surface area contributed by atoms with Crippen LogP contribution in [0, 0.1) is 0 Å². The fourth-order valence-corrected chi connectivity index (χ4v) is 3.68. The molecule has 0 unspecified atom stereocenters. The van der Waals surface area contributed by atoms with E-state index in [4.69, 9.17) is 9.47 Å². The van der Waals surface area contributed by atoms with Crippen LogP contribution in [-0.4, -0.2) is 25.6 Å². The first kappa shape index (κ1) is 20.6. The molecule has 0 saturated carbocycles. The van der Waals surface area contributed by atoms with Crippen LogP contribution in [0.2, 0.25) is 0 Å². The zero-order valence-electron chi connectivity index (χ0n) is 16.2. The van der Waals surface area contributed by atoms with Crippen molar-refractivity contribution in [3.8, 4) is 5.75 Å². The minimum absolute atomic E-state index is 0.215. The molecule has 0 aliphatic carbocycles. The van der Waals surface area contributed by atoms with Gasteiger partial charge in [-0.1, -0.05) is 48.5 Å². The molecule has 150 valence electrons. The lowest BCUT2D eigenvalue weighted by atomic mass is 10.1. The van der Waals surface area contributed by atoms with Crippen molar-refractivity contribution in [1.82, 2.24) is 5.32 Å². The Balaban J connectivity index is 1.49. The van der Waals surface area contributed by atoms with Crippen molar-refractivity contribution >= 4 is 23.2 Å². The Morgan fingerprint density at radius 2 is 1.76 bits per heavy atom. The lowest BCUT2D eigenvalue weighted by molar-refractivity contribution is -0.148. The fraction of sp³-hybridized carbons (Fsp3) is 0.217. The van der Waals surface area contributed by atoms with Gasteiger partial charge in [0.25, 0.3) is 5.91 Å². The van der Waals surface area contributed by atoms with Crippen LogP contribution in [0.15, 0.2) is 72.1 Å². The number of esters is 1. The summed E-state index contributed by atoms with van der Waals surface area (Å²) in [5.74, 6) is 0.0418. The minimum Gasteiger partial charge on any atom is -0.497 e. The van der Waals surface area contributed by atoms with Gasteiger partial charge >= 0.3 is 5.97 Å². The SMILES string of the molecule is COc1ccc(CCC(=O)OCC(=O)N[C@H](c2ccccc2)c2cccs2)cc1. The van der Waals surface area contributed by atoms with Gasteiger partial charge < -0.3 is 14.8 Å². The molecule has 0 radical (unpaired) electrons. The van der Waals surface area contributed by atoms with Gasteiger partial charge in [0.05, 0.1) is 13.2 Å². The van der Waals surface area contributed by atoms with Crippen LogP contribution in [0.4, 0.5) is 0 Å². The molecule has 3 aromatic rings. The first-order valence-electron chi connectivity index (χ1n) is 9.32. The van der Waals surface area contributed by atoms with E-state index in [-0.39, 0.29) is 25.0 Å². The summed E-state index contributed by atoms with van der Waals surface area (Å²) in [7, 11) is 1.61. The predicted octanol–water partition coefficient (Wildman–Crippen LogP) is 4.14. The average Bonchev–Trinajstić information content (AvgIpc) is 3.30. The summed E-state index contributed by atoms with van der Waals surface area (Å²) in [5, 5.41) is 4.93. The van der Waals surface area contributed by atoms with E-state index in [1.54, 1.807) is 18.4 Å². The average molecular weight is 410 g/mol. The van der Waals surface area contributed by atoms with E-state index >= 15 is 0 Å². The van der Waals surface area contributed by atoms with Crippen LogP contribution in [0.25, 0.3) is 0 Å². The van der Waals surface area contributed by atoms with E-state index in [1.165, 1.54) is 0 Å². The van der Waals surface area contributed by atoms with Crippen LogP contribution < -0.4 is 10.1 Å². The highest BCUT2D eigenvalue weighted by molar-refractivity contribution is 7.10. The Labute approximate surface area is 174 Å². The fourth-order valence-electron chi connectivity index (χ4n) is 2.88. The molecule has 1 heterocycles. The molecule has 2 aromatic carbocycles. The van der Waals surface area contributed by atoms with E-state index < -0.39 is 5.97 Å². The summed E-state index contributed by atoms with van der Waals surface area (Å²) < 4.78 is 10.3. The molecule has 1 aromatic heterocycles. The third-order valence-corrected chi connectivity index (χ3v) is 5.34. The van der Waals surface area contributed by atoms with Crippen molar-refractivity contribution in [1.29, 1.82) is 0 Å². The molecule has 0 saturated heterocycles. The van der Waals surface area contributed by atoms with Gasteiger partial charge in [-0.15, -0.1) is 11.3 Å². The number of nitrogens with one attached hydrogen (secondary N) is 1. The normalized spacial score (nSPS) is 11.5. The maximum absolute atomic E-state index is 12.4. The number of hydrogen-bond acceptors (Lipinski definition) is 5. The molecule has 1 atom stereocenters. The van der Waals surface area contributed by atoms with Crippen LogP contribution >= 0.6 is 11.3 Å². The molecule has 0 spiro atoms. The zero-order valence-corrected chi connectivity index (χ0v) is 17.0. The topological polar surface area (TPSA) is 64.6 Å². The molecule has 6 heteroatoms. The molecule has 1 N–H and O–H groups in total. The number of carbonyl (C=O) groups is 2. The van der Waals surface area contributed by atoms with Gasteiger partial charge in [-0.05, 0) is 41.1 Å². The number of carbonyl (C=O) groups excluding carboxylic acids is 2. The second-order valence-corrected chi connectivity index (χ2v) is 7.41. The smallest absolute Gasteiger partial charge is 0.306 e. The highest BCUT2D eigenvalue weighted by atomic mass is 32.1. The maximum atomic E-state index is 12.4. The van der Waals surface area contributed by atoms with Gasteiger partial charge in [-0.25, -0.2) is 0 Å². The van der Waals surface area contributed by atoms with Crippen LogP contribution in [-0.2, 0) is 20.7 Å². The first-order valence-corrected chi connectivity index (χ1v) is 10.2. The molecule has 29 heavy (non-hydrogen) atoms. The number of rotatable bonds is 9. The highest BCUT2D eigenvalue weighted by Crippen LogP contribution is 2.25. The maximum Gasteiger partial charge on any atom is 0.306 e. The zero-order chi connectivity index (χ0) is 20.5. The Bertz CT molecular complexity index is 908. The van der Waals surface area contributed by atoms with Crippen molar-refractivity contribution in [2.24, 2.45) is 0 Å². The molecule has 5 nitrogen and oxygen atoms in total. The minimum atomic E-state index is -0.400. The summed E-state index contributed by atoms with van der Waals surface area (Å²) >= 11 is 1.57. The largest absolute Gasteiger partial charge is 0.497 e. The summed E-state index contributed by atoms with van der Waals surface area (Å²) in [4.78, 5) is 25.4. The number of hydrogen-bond donors (Lipinski definition) is 1. The number of methoxy groups -OCH3 is 1. The Morgan fingerprint density at radius 3 is 2.41 bits per heavy atom. The Kier molecular flexibility index (Phi) is 7.41. The van der Waals surface area contributed by atoms with E-state index in [9.17, 15) is 9.59 Å². The second kappa shape index (κ2) is 10.4. The molecular weight excluding hydrogens is 386 g/mol. The van der Waals surface area contributed by atoms with E-state index in [2.05, 4.69) is 5.32 Å². The monoisotopic (exact) mass is 409 g/mol. The second-order valence-electron chi connectivity index (χ2n) is 6.44. The van der Waals surface area contributed by atoms with Gasteiger partial charge in [0.2, 0.25) is 0 Å². The molecule has 0 bridgehead atoms. The van der Waals surface area contributed by atoms with Crippen molar-refractivity contribution in [3.05, 3.63) is 88.1 Å². The van der Waals surface area contributed by atoms with E-state index in [0.717, 1.165) is 21.8 Å². The summed E-state index contributed by atoms with van der Waals surface area (Å²) in [5.41, 5.74) is 1.99. The van der Waals surface area contributed by atoms with Crippen molar-refractivity contribution < 1.29 is 19.1 Å². The third kappa shape index (κ3) is 6.19. The van der Waals surface area contributed by atoms with Crippen molar-refractivity contribution in [2.75, 3.05) is 13.7 Å². The van der Waals surface area contributed by atoms with E-state index in [0.29, 0.717) is 6.42 Å². The Morgan fingerprint density at radius 1 is 1.00 bits per heavy atom. The number of aryl methyl sites for hydroxylation is 1. The molecular formula is C23H23NO4S. The highest BCUT2D eigenvalue weighted by Gasteiger charge is 2.18. The Hall–Kier alpha value is -3.12. The van der Waals surface area contributed by atoms with Crippen LogP contribution in [0.5, 0.6) is 5.75 Å². The lowest BCUT2D eigenvalue weighted by Gasteiger charge is -2.18. The third-order valence-electron chi connectivity index (χ3n) is 4.41. The molecule has 0 fully saturated rings. The van der Waals surface area contributed by atoms with Gasteiger partial charge in [0, 0.05) is 11.3 Å². The molecule has 0 aliphatic rings. The van der Waals surface area contributed by atoms with Gasteiger partial charge in [-0.3, -0.25) is 9.59 Å². The summed E-state index contributed by atoms with van der Waals surface area (Å²) in [6.45, 7) is -0.295. The first-order chi connectivity index (χ1) is 14.2. The van der Waals surface area contributed by atoms with Crippen LogP contribution in [0.1, 0.15) is 28.5 Å². The lowest BCUT2D eigenvalue weighted by Crippen LogP contribution is -2.32. The number of amides is 1. The summed E-state index contributed by atoms with van der Waals surface area (Å²) in [6.07, 6.45) is 0.763. The van der Waals surface area contributed by atoms with Crippen molar-refractivity contribution in [2.45, 2.75) is 18.9 Å². The van der Waals surface area contributed by atoms with Gasteiger partial charge in [-0.2, -0.15) is 0 Å². The predicted molar refractivity (Wildman–Crippen MR) is 113 cm³/mol. The molecule has 1 amide bonds. The van der Waals surface area contributed by atoms with Crippen molar-refractivity contribution in [3.63, 3.8) is 0 Å². The number of ether oxygens (including phenoxy) is 2. The molecule has 3 rings (SSSR count). The standard InChI is InChI=1S/C23H23NO4S/c1-27-19-12-9-17(10-13-19)11-14-22(26)28-16-21(25)24-23(20-8-5-15-29-20)18-6-3-2-4-7-18/h2-10,12-13,15,23H,11,14,16H2,1H3,(H,24,25)/t23-/m1/s1. The number of benzene rings is 2. The quantitative estimate of drug-likeness (QED) is 0.540. The summed E-state index contributed by atoms with van der Waals surface area (Å²) in [6, 6.07) is 20.9. The number of thiophene rings is 1. The van der Waals surface area contributed by atoms with Crippen LogP contribution in [0.3, 0.4) is 0 Å². The van der Waals surface area contributed by atoms with Gasteiger partial charge in [0.15, 0.2) is 6.61 Å². The molecule has 0 aliphatic heterocycles.